The molecular weight excluding hydrogens is 304 g/mol. The average molecular weight is 324 g/mol. The van der Waals surface area contributed by atoms with Gasteiger partial charge in [0.05, 0.1) is 11.4 Å². The summed E-state index contributed by atoms with van der Waals surface area (Å²) in [4.78, 5) is 4.67. The first-order valence-electron chi connectivity index (χ1n) is 8.63. The molecule has 0 atom stereocenters. The van der Waals surface area contributed by atoms with E-state index in [0.717, 1.165) is 29.9 Å². The zero-order valence-corrected chi connectivity index (χ0v) is 14.0. The van der Waals surface area contributed by atoms with E-state index in [1.54, 1.807) is 0 Å². The Morgan fingerprint density at radius 3 is 2.20 bits per heavy atom. The number of nitrogens with zero attached hydrogens (tertiary/aromatic N) is 1. The van der Waals surface area contributed by atoms with Crippen LogP contribution in [0, 0.1) is 0 Å². The van der Waals surface area contributed by atoms with Crippen LogP contribution in [0.2, 0.25) is 0 Å². The monoisotopic (exact) mass is 324 g/mol. The van der Waals surface area contributed by atoms with Crippen molar-refractivity contribution in [2.75, 3.05) is 5.32 Å². The fourth-order valence-corrected chi connectivity index (χ4v) is 3.16. The summed E-state index contributed by atoms with van der Waals surface area (Å²) in [5, 5.41) is 3.61. The molecule has 3 aromatic rings. The van der Waals surface area contributed by atoms with Crippen molar-refractivity contribution in [2.24, 2.45) is 4.99 Å². The number of aryl methyl sites for hydroxylation is 1. The summed E-state index contributed by atoms with van der Waals surface area (Å²) < 4.78 is 0. The minimum Gasteiger partial charge on any atom is -0.355 e. The highest BCUT2D eigenvalue weighted by atomic mass is 14.9. The van der Waals surface area contributed by atoms with Crippen molar-refractivity contribution >= 4 is 23.3 Å². The first-order chi connectivity index (χ1) is 12.4. The summed E-state index contributed by atoms with van der Waals surface area (Å²) in [5.41, 5.74) is 7.14. The van der Waals surface area contributed by atoms with E-state index in [1.807, 2.05) is 42.6 Å². The Bertz CT molecular complexity index is 909. The lowest BCUT2D eigenvalue weighted by Crippen LogP contribution is -2.12. The summed E-state index contributed by atoms with van der Waals surface area (Å²) in [5.74, 6) is 0. The van der Waals surface area contributed by atoms with Gasteiger partial charge in [0, 0.05) is 17.5 Å². The molecule has 2 nitrogen and oxygen atoms in total. The van der Waals surface area contributed by atoms with Gasteiger partial charge in [0.15, 0.2) is 0 Å². The van der Waals surface area contributed by atoms with Crippen LogP contribution in [0.3, 0.4) is 0 Å². The van der Waals surface area contributed by atoms with Crippen LogP contribution in [0.25, 0.3) is 5.70 Å². The number of aliphatic imine (C=N–C) groups is 1. The van der Waals surface area contributed by atoms with Gasteiger partial charge in [0.1, 0.15) is 0 Å². The van der Waals surface area contributed by atoms with E-state index >= 15 is 0 Å². The molecule has 0 fully saturated rings. The lowest BCUT2D eigenvalue weighted by molar-refractivity contribution is 0.954. The van der Waals surface area contributed by atoms with Crippen molar-refractivity contribution in [3.63, 3.8) is 0 Å². The fraction of sp³-hybridized carbons (Fsp3) is 0.0870. The molecule has 1 aliphatic rings. The number of para-hydroxylation sites is 2. The van der Waals surface area contributed by atoms with Gasteiger partial charge in [-0.2, -0.15) is 0 Å². The van der Waals surface area contributed by atoms with Crippen molar-refractivity contribution in [3.05, 3.63) is 102 Å². The Hall–Kier alpha value is -3.13. The molecule has 1 aliphatic carbocycles. The zero-order chi connectivity index (χ0) is 16.9. The lowest BCUT2D eigenvalue weighted by atomic mass is 9.89. The molecule has 0 bridgehead atoms. The molecule has 0 heterocycles. The Morgan fingerprint density at radius 2 is 1.40 bits per heavy atom. The van der Waals surface area contributed by atoms with E-state index in [9.17, 15) is 0 Å². The van der Waals surface area contributed by atoms with Crippen LogP contribution in [-0.2, 0) is 6.42 Å². The van der Waals surface area contributed by atoms with Crippen molar-refractivity contribution in [3.8, 4) is 0 Å². The van der Waals surface area contributed by atoms with E-state index in [1.165, 1.54) is 16.7 Å². The third-order valence-electron chi connectivity index (χ3n) is 4.44. The number of hydrogen-bond acceptors (Lipinski definition) is 2. The van der Waals surface area contributed by atoms with Crippen LogP contribution in [-0.4, -0.2) is 6.21 Å². The van der Waals surface area contributed by atoms with Gasteiger partial charge >= 0.3 is 0 Å². The van der Waals surface area contributed by atoms with Gasteiger partial charge in [0.2, 0.25) is 0 Å². The van der Waals surface area contributed by atoms with Crippen molar-refractivity contribution in [1.82, 2.24) is 0 Å². The fourth-order valence-electron chi connectivity index (χ4n) is 3.16. The van der Waals surface area contributed by atoms with Gasteiger partial charge in [-0.25, -0.2) is 0 Å². The number of hydrogen-bond donors (Lipinski definition) is 1. The number of nitrogens with one attached hydrogen (secondary N) is 1. The van der Waals surface area contributed by atoms with E-state index in [-0.39, 0.29) is 0 Å². The minimum absolute atomic E-state index is 0.980. The minimum atomic E-state index is 0.980. The molecule has 122 valence electrons. The van der Waals surface area contributed by atoms with Crippen LogP contribution in [0.15, 0.2) is 95.5 Å². The number of benzene rings is 3. The van der Waals surface area contributed by atoms with Gasteiger partial charge in [-0.3, -0.25) is 4.99 Å². The molecule has 4 rings (SSSR count). The van der Waals surface area contributed by atoms with Crippen LogP contribution in [0.1, 0.15) is 17.5 Å². The van der Waals surface area contributed by atoms with Gasteiger partial charge in [0.25, 0.3) is 0 Å². The topological polar surface area (TPSA) is 24.4 Å². The second kappa shape index (κ2) is 7.18. The summed E-state index contributed by atoms with van der Waals surface area (Å²) in [6.07, 6.45) is 4.05. The second-order valence-corrected chi connectivity index (χ2v) is 6.14. The Morgan fingerprint density at radius 1 is 0.720 bits per heavy atom. The Labute approximate surface area is 148 Å². The molecule has 1 N–H and O–H groups in total. The molecular formula is C23H20N2. The predicted molar refractivity (Wildman–Crippen MR) is 106 cm³/mol. The maximum Gasteiger partial charge on any atom is 0.0629 e. The largest absolute Gasteiger partial charge is 0.355 e. The molecule has 0 spiro atoms. The number of fused-ring (bicyclic) bond motifs is 1. The molecule has 0 radical (unpaired) electrons. The third kappa shape index (κ3) is 3.53. The molecule has 2 heteroatoms. The van der Waals surface area contributed by atoms with Gasteiger partial charge < -0.3 is 5.32 Å². The maximum atomic E-state index is 4.67. The van der Waals surface area contributed by atoms with Gasteiger partial charge in [-0.05, 0) is 48.2 Å². The van der Waals surface area contributed by atoms with Gasteiger partial charge in [-0.15, -0.1) is 0 Å². The molecule has 0 amide bonds. The second-order valence-electron chi connectivity index (χ2n) is 6.14. The Kier molecular flexibility index (Phi) is 4.42. The number of rotatable bonds is 4. The van der Waals surface area contributed by atoms with E-state index in [2.05, 4.69) is 58.8 Å². The smallest absolute Gasteiger partial charge is 0.0629 e. The lowest BCUT2D eigenvalue weighted by Gasteiger charge is -2.23. The number of allylic oxidation sites excluding steroid dienone is 1. The van der Waals surface area contributed by atoms with Crippen LogP contribution in [0.5, 0.6) is 0 Å². The predicted octanol–water partition coefficient (Wildman–Crippen LogP) is 5.86. The Balaban J connectivity index is 1.74. The molecule has 0 saturated carbocycles. The van der Waals surface area contributed by atoms with Crippen LogP contribution >= 0.6 is 0 Å². The standard InChI is InChI=1S/C23H20N2/c1-3-10-20(11-4-1)24-17-19-16-15-18-9-7-8-14-22(18)23(19)25-21-12-5-2-6-13-21/h1-14,17,25H,15-16H2. The van der Waals surface area contributed by atoms with Crippen LogP contribution < -0.4 is 5.32 Å². The highest BCUT2D eigenvalue weighted by Crippen LogP contribution is 2.31. The molecule has 0 unspecified atom stereocenters. The van der Waals surface area contributed by atoms with Crippen molar-refractivity contribution in [2.45, 2.75) is 12.8 Å². The average Bonchev–Trinajstić information content (AvgIpc) is 2.69. The molecule has 25 heavy (non-hydrogen) atoms. The van der Waals surface area contributed by atoms with E-state index < -0.39 is 0 Å². The van der Waals surface area contributed by atoms with Crippen molar-refractivity contribution < 1.29 is 0 Å². The summed E-state index contributed by atoms with van der Waals surface area (Å²) in [6.45, 7) is 0. The molecule has 0 saturated heterocycles. The third-order valence-corrected chi connectivity index (χ3v) is 4.44. The first-order valence-corrected chi connectivity index (χ1v) is 8.63. The zero-order valence-electron chi connectivity index (χ0n) is 14.0. The normalized spacial score (nSPS) is 13.8. The summed E-state index contributed by atoms with van der Waals surface area (Å²) in [6, 6.07) is 29.0. The van der Waals surface area contributed by atoms with E-state index in [0.29, 0.717) is 0 Å². The highest BCUT2D eigenvalue weighted by molar-refractivity contribution is 5.97. The van der Waals surface area contributed by atoms with Crippen LogP contribution in [0.4, 0.5) is 11.4 Å². The maximum absolute atomic E-state index is 4.67. The quantitative estimate of drug-likeness (QED) is 0.597. The van der Waals surface area contributed by atoms with E-state index in [4.69, 9.17) is 0 Å². The molecule has 3 aromatic carbocycles. The molecule has 0 aliphatic heterocycles. The molecule has 0 aromatic heterocycles. The SMILES string of the molecule is C(=Nc1ccccc1)C1=C(Nc2ccccc2)c2ccccc2CC1. The highest BCUT2D eigenvalue weighted by Gasteiger charge is 2.17. The first kappa shape index (κ1) is 15.4. The van der Waals surface area contributed by atoms with Crippen molar-refractivity contribution in [1.29, 1.82) is 0 Å². The summed E-state index contributed by atoms with van der Waals surface area (Å²) >= 11 is 0. The number of anilines is 1. The summed E-state index contributed by atoms with van der Waals surface area (Å²) in [7, 11) is 0. The van der Waals surface area contributed by atoms with Gasteiger partial charge in [-0.1, -0.05) is 60.7 Å².